The maximum Gasteiger partial charge on any atom is 0.125 e. The van der Waals surface area contributed by atoms with E-state index in [1.165, 1.54) is 0 Å². The molecule has 18 heavy (non-hydrogen) atoms. The topological polar surface area (TPSA) is 55.9 Å². The van der Waals surface area contributed by atoms with Gasteiger partial charge < -0.3 is 5.11 Å². The Hall–Kier alpha value is -1.33. The minimum atomic E-state index is -0.809. The van der Waals surface area contributed by atoms with E-state index in [1.54, 1.807) is 21.8 Å². The van der Waals surface area contributed by atoms with E-state index < -0.39 is 6.10 Å². The van der Waals surface area contributed by atoms with E-state index in [0.29, 0.717) is 10.7 Å². The summed E-state index contributed by atoms with van der Waals surface area (Å²) in [5.74, 6) is 0. The van der Waals surface area contributed by atoms with Crippen molar-refractivity contribution in [3.8, 4) is 0 Å². The van der Waals surface area contributed by atoms with Crippen molar-refractivity contribution in [2.45, 2.75) is 32.9 Å². The lowest BCUT2D eigenvalue weighted by Crippen LogP contribution is -2.13. The summed E-state index contributed by atoms with van der Waals surface area (Å²) in [4.78, 5) is 0. The molecule has 0 spiro atoms. The van der Waals surface area contributed by atoms with Crippen molar-refractivity contribution in [3.05, 3.63) is 34.4 Å². The quantitative estimate of drug-likeness (QED) is 0.929. The number of aliphatic hydroxyl groups is 1. The number of aryl methyl sites for hydroxylation is 1. The molecule has 2 aromatic heterocycles. The predicted octanol–water partition coefficient (Wildman–Crippen LogP) is 2.24. The van der Waals surface area contributed by atoms with Crippen LogP contribution in [0.15, 0.2) is 12.4 Å². The molecule has 0 saturated carbocycles. The van der Waals surface area contributed by atoms with Gasteiger partial charge in [0.15, 0.2) is 0 Å². The van der Waals surface area contributed by atoms with Crippen molar-refractivity contribution in [1.29, 1.82) is 0 Å². The standard InChI is InChI=1S/C12H17ClN4O/c1-7(2)17-11(10(13)6-15-17)12(18)9-5-14-16(4)8(9)3/h5-7,12,18H,1-4H3. The second kappa shape index (κ2) is 4.74. The van der Waals surface area contributed by atoms with Crippen molar-refractivity contribution in [3.63, 3.8) is 0 Å². The Bertz CT molecular complexity index is 558. The van der Waals surface area contributed by atoms with Crippen LogP contribution in [0.1, 0.15) is 42.9 Å². The second-order valence-corrected chi connectivity index (χ2v) is 5.03. The van der Waals surface area contributed by atoms with Gasteiger partial charge in [0.05, 0.1) is 23.1 Å². The summed E-state index contributed by atoms with van der Waals surface area (Å²) in [5.41, 5.74) is 2.28. The third kappa shape index (κ3) is 2.04. The molecule has 5 nitrogen and oxygen atoms in total. The first-order valence-corrected chi connectivity index (χ1v) is 6.20. The van der Waals surface area contributed by atoms with Crippen LogP contribution < -0.4 is 0 Å². The van der Waals surface area contributed by atoms with E-state index in [1.807, 2.05) is 27.8 Å². The molecular formula is C12H17ClN4O. The zero-order valence-electron chi connectivity index (χ0n) is 10.9. The number of nitrogens with zero attached hydrogens (tertiary/aromatic N) is 4. The Labute approximate surface area is 111 Å². The van der Waals surface area contributed by atoms with Gasteiger partial charge in [-0.25, -0.2) is 0 Å². The Morgan fingerprint density at radius 1 is 1.28 bits per heavy atom. The smallest absolute Gasteiger partial charge is 0.125 e. The molecule has 0 aliphatic heterocycles. The number of halogens is 1. The first-order valence-electron chi connectivity index (χ1n) is 5.83. The number of rotatable bonds is 3. The SMILES string of the molecule is Cc1c(C(O)c2c(Cl)cnn2C(C)C)cnn1C. The summed E-state index contributed by atoms with van der Waals surface area (Å²) in [5, 5.41) is 19.3. The third-order valence-electron chi connectivity index (χ3n) is 3.10. The van der Waals surface area contributed by atoms with E-state index in [4.69, 9.17) is 11.6 Å². The Morgan fingerprint density at radius 3 is 2.44 bits per heavy atom. The first kappa shape index (κ1) is 13.1. The van der Waals surface area contributed by atoms with Crippen LogP contribution >= 0.6 is 11.6 Å². The predicted molar refractivity (Wildman–Crippen MR) is 69.6 cm³/mol. The van der Waals surface area contributed by atoms with Gasteiger partial charge in [0.25, 0.3) is 0 Å². The van der Waals surface area contributed by atoms with E-state index in [-0.39, 0.29) is 6.04 Å². The molecule has 0 aliphatic rings. The van der Waals surface area contributed by atoms with E-state index in [9.17, 15) is 5.11 Å². The highest BCUT2D eigenvalue weighted by Crippen LogP contribution is 2.31. The lowest BCUT2D eigenvalue weighted by atomic mass is 10.1. The van der Waals surface area contributed by atoms with Gasteiger partial charge in [0.1, 0.15) is 6.10 Å². The van der Waals surface area contributed by atoms with Gasteiger partial charge in [-0.05, 0) is 20.8 Å². The molecule has 2 rings (SSSR count). The molecule has 0 bridgehead atoms. The largest absolute Gasteiger partial charge is 0.382 e. The molecule has 1 N–H and O–H groups in total. The maximum atomic E-state index is 10.5. The van der Waals surface area contributed by atoms with Gasteiger partial charge in [-0.2, -0.15) is 10.2 Å². The minimum Gasteiger partial charge on any atom is -0.382 e. The van der Waals surface area contributed by atoms with Crippen molar-refractivity contribution in [2.75, 3.05) is 0 Å². The van der Waals surface area contributed by atoms with Gasteiger partial charge in [-0.3, -0.25) is 9.36 Å². The molecular weight excluding hydrogens is 252 g/mol. The highest BCUT2D eigenvalue weighted by molar-refractivity contribution is 6.31. The van der Waals surface area contributed by atoms with Crippen LogP contribution in [-0.4, -0.2) is 24.7 Å². The van der Waals surface area contributed by atoms with Crippen molar-refractivity contribution < 1.29 is 5.11 Å². The molecule has 0 aromatic carbocycles. The van der Waals surface area contributed by atoms with Crippen LogP contribution in [-0.2, 0) is 7.05 Å². The molecule has 1 unspecified atom stereocenters. The van der Waals surface area contributed by atoms with Crippen LogP contribution in [0.5, 0.6) is 0 Å². The molecule has 98 valence electrons. The van der Waals surface area contributed by atoms with Gasteiger partial charge in [0.2, 0.25) is 0 Å². The second-order valence-electron chi connectivity index (χ2n) is 4.63. The fourth-order valence-corrected chi connectivity index (χ4v) is 2.18. The summed E-state index contributed by atoms with van der Waals surface area (Å²) < 4.78 is 3.46. The summed E-state index contributed by atoms with van der Waals surface area (Å²) in [7, 11) is 1.84. The summed E-state index contributed by atoms with van der Waals surface area (Å²) >= 11 is 6.12. The van der Waals surface area contributed by atoms with Crippen LogP contribution in [0.2, 0.25) is 5.02 Å². The Morgan fingerprint density at radius 2 is 1.94 bits per heavy atom. The van der Waals surface area contributed by atoms with Crippen LogP contribution in [0.3, 0.4) is 0 Å². The summed E-state index contributed by atoms with van der Waals surface area (Å²) in [6, 6.07) is 0.138. The van der Waals surface area contributed by atoms with Crippen LogP contribution in [0, 0.1) is 6.92 Å². The molecule has 2 aromatic rings. The first-order chi connectivity index (χ1) is 8.43. The molecule has 0 amide bonds. The van der Waals surface area contributed by atoms with Crippen molar-refractivity contribution in [1.82, 2.24) is 19.6 Å². The van der Waals surface area contributed by atoms with Crippen LogP contribution in [0.4, 0.5) is 0 Å². The molecule has 0 fully saturated rings. The summed E-state index contributed by atoms with van der Waals surface area (Å²) in [6.45, 7) is 5.90. The molecule has 1 atom stereocenters. The lowest BCUT2D eigenvalue weighted by Gasteiger charge is -2.16. The zero-order chi connectivity index (χ0) is 13.4. The highest BCUT2D eigenvalue weighted by Gasteiger charge is 2.24. The highest BCUT2D eigenvalue weighted by atomic mass is 35.5. The van der Waals surface area contributed by atoms with Gasteiger partial charge >= 0.3 is 0 Å². The van der Waals surface area contributed by atoms with Gasteiger partial charge in [-0.15, -0.1) is 0 Å². The van der Waals surface area contributed by atoms with Gasteiger partial charge in [-0.1, -0.05) is 11.6 Å². The maximum absolute atomic E-state index is 10.5. The molecule has 6 heteroatoms. The van der Waals surface area contributed by atoms with Crippen LogP contribution in [0.25, 0.3) is 0 Å². The monoisotopic (exact) mass is 268 g/mol. The lowest BCUT2D eigenvalue weighted by molar-refractivity contribution is 0.204. The zero-order valence-corrected chi connectivity index (χ0v) is 11.7. The third-order valence-corrected chi connectivity index (χ3v) is 3.39. The Kier molecular flexibility index (Phi) is 3.45. The molecule has 2 heterocycles. The average Bonchev–Trinajstić information content (AvgIpc) is 2.84. The van der Waals surface area contributed by atoms with Crippen molar-refractivity contribution >= 4 is 11.6 Å². The number of aliphatic hydroxyl groups excluding tert-OH is 1. The summed E-state index contributed by atoms with van der Waals surface area (Å²) in [6.07, 6.45) is 2.41. The number of hydrogen-bond donors (Lipinski definition) is 1. The Balaban J connectivity index is 2.49. The molecule has 0 saturated heterocycles. The molecule has 0 aliphatic carbocycles. The van der Waals surface area contributed by atoms with Crippen molar-refractivity contribution in [2.24, 2.45) is 7.05 Å². The number of hydrogen-bond acceptors (Lipinski definition) is 3. The van der Waals surface area contributed by atoms with E-state index >= 15 is 0 Å². The number of aromatic nitrogens is 4. The average molecular weight is 269 g/mol. The minimum absolute atomic E-state index is 0.138. The fourth-order valence-electron chi connectivity index (χ4n) is 1.95. The van der Waals surface area contributed by atoms with Gasteiger partial charge in [0, 0.05) is 24.3 Å². The van der Waals surface area contributed by atoms with E-state index in [2.05, 4.69) is 10.2 Å². The molecule has 0 radical (unpaired) electrons. The fraction of sp³-hybridized carbons (Fsp3) is 0.500. The normalized spacial score (nSPS) is 13.3. The van der Waals surface area contributed by atoms with E-state index in [0.717, 1.165) is 11.3 Å².